The molecule has 27 heavy (non-hydrogen) atoms. The maximum Gasteiger partial charge on any atom is 0.254 e. The first-order valence-corrected chi connectivity index (χ1v) is 10.1. The summed E-state index contributed by atoms with van der Waals surface area (Å²) in [5, 5.41) is 0. The van der Waals surface area contributed by atoms with Crippen LogP contribution in [0, 0.1) is 13.8 Å². The van der Waals surface area contributed by atoms with Gasteiger partial charge < -0.3 is 10.6 Å². The Balaban J connectivity index is 0.00000338. The number of halogens is 2. The van der Waals surface area contributed by atoms with Crippen LogP contribution in [0.15, 0.2) is 18.2 Å². The van der Waals surface area contributed by atoms with Crippen LogP contribution in [-0.2, 0) is 0 Å². The second-order valence-corrected chi connectivity index (χ2v) is 7.60. The van der Waals surface area contributed by atoms with Crippen molar-refractivity contribution in [2.75, 3.05) is 31.9 Å². The molecule has 1 aromatic carbocycles. The fourth-order valence-electron chi connectivity index (χ4n) is 3.54. The molecule has 2 rings (SSSR count). The summed E-state index contributed by atoms with van der Waals surface area (Å²) >= 11 is 4.32. The van der Waals surface area contributed by atoms with Gasteiger partial charge in [0.25, 0.3) is 5.91 Å². The fraction of sp³-hybridized carbons (Fsp3) is 0.650. The highest BCUT2D eigenvalue weighted by atomic mass is 35.5. The zero-order valence-electron chi connectivity index (χ0n) is 16.7. The molecule has 1 amide bonds. The van der Waals surface area contributed by atoms with Crippen molar-refractivity contribution in [3.63, 3.8) is 0 Å². The summed E-state index contributed by atoms with van der Waals surface area (Å²) in [5.74, 6) is 0.864. The van der Waals surface area contributed by atoms with Crippen molar-refractivity contribution in [3.05, 3.63) is 34.9 Å². The lowest BCUT2D eigenvalue weighted by molar-refractivity contribution is 0.0447. The monoisotopic (exact) mass is 435 g/mol. The molecule has 2 atom stereocenters. The first-order valence-electron chi connectivity index (χ1n) is 9.43. The van der Waals surface area contributed by atoms with Crippen LogP contribution in [0.4, 0.5) is 0 Å². The largest absolute Gasteiger partial charge is 0.336 e. The van der Waals surface area contributed by atoms with E-state index in [1.165, 1.54) is 18.4 Å². The molecule has 1 saturated heterocycles. The number of thiol groups is 1. The third kappa shape index (κ3) is 7.13. The standard InChI is InChI=1S/C20H33N3OS.2ClH/c1-4-5-8-18-13-23(11-10-22(18)12-17(21)14-25)20(24)19-9-6-7-15(2)16(19)3;;/h6-7,9,17-18,25H,4-5,8,10-14,21H2,1-3H3;2*1H/t17?,18-;;/m1../s1. The average Bonchev–Trinajstić information content (AvgIpc) is 2.62. The number of nitrogens with two attached hydrogens (primary N) is 1. The molecule has 2 N–H and O–H groups in total. The predicted molar refractivity (Wildman–Crippen MR) is 123 cm³/mol. The normalized spacial score (nSPS) is 18.4. The Morgan fingerprint density at radius 3 is 2.63 bits per heavy atom. The smallest absolute Gasteiger partial charge is 0.254 e. The number of unbranched alkanes of at least 4 members (excludes halogenated alkanes) is 1. The van der Waals surface area contributed by atoms with E-state index in [-0.39, 0.29) is 36.8 Å². The molecule has 1 aromatic rings. The highest BCUT2D eigenvalue weighted by molar-refractivity contribution is 7.80. The van der Waals surface area contributed by atoms with Gasteiger partial charge in [0.2, 0.25) is 0 Å². The van der Waals surface area contributed by atoms with Crippen molar-refractivity contribution >= 4 is 43.4 Å². The molecule has 7 heteroatoms. The molecule has 1 heterocycles. The van der Waals surface area contributed by atoms with Crippen molar-refractivity contribution in [1.29, 1.82) is 0 Å². The maximum absolute atomic E-state index is 13.0. The number of hydrogen-bond donors (Lipinski definition) is 2. The Morgan fingerprint density at radius 1 is 1.30 bits per heavy atom. The van der Waals surface area contributed by atoms with E-state index in [1.54, 1.807) is 0 Å². The van der Waals surface area contributed by atoms with E-state index in [2.05, 4.69) is 37.4 Å². The Labute approximate surface area is 182 Å². The van der Waals surface area contributed by atoms with Gasteiger partial charge in [0.1, 0.15) is 0 Å². The van der Waals surface area contributed by atoms with Gasteiger partial charge in [-0.3, -0.25) is 9.69 Å². The van der Waals surface area contributed by atoms with Crippen LogP contribution in [0.1, 0.15) is 47.7 Å². The zero-order chi connectivity index (χ0) is 18.4. The number of carbonyl (C=O) groups is 1. The van der Waals surface area contributed by atoms with Crippen LogP contribution in [0.25, 0.3) is 0 Å². The molecule has 4 nitrogen and oxygen atoms in total. The summed E-state index contributed by atoms with van der Waals surface area (Å²) in [6, 6.07) is 6.48. The zero-order valence-corrected chi connectivity index (χ0v) is 19.2. The number of rotatable bonds is 7. The molecule has 0 saturated carbocycles. The van der Waals surface area contributed by atoms with Gasteiger partial charge in [-0.2, -0.15) is 12.6 Å². The average molecular weight is 436 g/mol. The minimum absolute atomic E-state index is 0. The quantitative estimate of drug-likeness (QED) is 0.641. The number of aryl methyl sites for hydroxylation is 1. The van der Waals surface area contributed by atoms with Crippen LogP contribution in [-0.4, -0.2) is 59.7 Å². The molecule has 1 unspecified atom stereocenters. The van der Waals surface area contributed by atoms with Crippen molar-refractivity contribution in [3.8, 4) is 0 Å². The summed E-state index contributed by atoms with van der Waals surface area (Å²) in [7, 11) is 0. The van der Waals surface area contributed by atoms with E-state index in [1.807, 2.05) is 24.0 Å². The molecule has 0 aromatic heterocycles. The number of nitrogens with zero attached hydrogens (tertiary/aromatic N) is 2. The van der Waals surface area contributed by atoms with E-state index in [0.717, 1.165) is 43.7 Å². The molecule has 1 aliphatic rings. The van der Waals surface area contributed by atoms with Gasteiger partial charge in [0.05, 0.1) is 0 Å². The Kier molecular flexibility index (Phi) is 12.7. The number of carbonyl (C=O) groups excluding carboxylic acids is 1. The number of amides is 1. The molecule has 0 aliphatic carbocycles. The van der Waals surface area contributed by atoms with Crippen LogP contribution in [0.2, 0.25) is 0 Å². The van der Waals surface area contributed by atoms with Gasteiger partial charge >= 0.3 is 0 Å². The molecule has 0 spiro atoms. The SMILES string of the molecule is CCCC[C@@H]1CN(C(=O)c2cccc(C)c2C)CCN1CC(N)CS.Cl.Cl. The molecule has 1 aliphatic heterocycles. The van der Waals surface area contributed by atoms with Gasteiger partial charge in [0, 0.05) is 49.6 Å². The van der Waals surface area contributed by atoms with E-state index in [0.29, 0.717) is 11.8 Å². The van der Waals surface area contributed by atoms with Crippen LogP contribution in [0.3, 0.4) is 0 Å². The van der Waals surface area contributed by atoms with Crippen LogP contribution < -0.4 is 5.73 Å². The van der Waals surface area contributed by atoms with Gasteiger partial charge in [-0.25, -0.2) is 0 Å². The molecule has 1 fully saturated rings. The van der Waals surface area contributed by atoms with E-state index >= 15 is 0 Å². The third-order valence-corrected chi connectivity index (χ3v) is 5.79. The van der Waals surface area contributed by atoms with Gasteiger partial charge in [-0.05, 0) is 37.5 Å². The van der Waals surface area contributed by atoms with E-state index < -0.39 is 0 Å². The maximum atomic E-state index is 13.0. The number of hydrogen-bond acceptors (Lipinski definition) is 4. The second-order valence-electron chi connectivity index (χ2n) is 7.23. The van der Waals surface area contributed by atoms with Crippen molar-refractivity contribution in [2.45, 2.75) is 52.1 Å². The lowest BCUT2D eigenvalue weighted by atomic mass is 10.00. The Hall–Kier alpha value is -0.460. The van der Waals surface area contributed by atoms with Gasteiger partial charge in [0.15, 0.2) is 0 Å². The molecule has 156 valence electrons. The lowest BCUT2D eigenvalue weighted by Crippen LogP contribution is -2.57. The van der Waals surface area contributed by atoms with Crippen LogP contribution >= 0.6 is 37.4 Å². The first-order chi connectivity index (χ1) is 12.0. The van der Waals surface area contributed by atoms with Crippen molar-refractivity contribution < 1.29 is 4.79 Å². The Morgan fingerprint density at radius 2 is 2.00 bits per heavy atom. The highest BCUT2D eigenvalue weighted by Crippen LogP contribution is 2.20. The molecular weight excluding hydrogens is 401 g/mol. The van der Waals surface area contributed by atoms with Crippen molar-refractivity contribution in [1.82, 2.24) is 9.80 Å². The Bertz CT molecular complexity index is 588. The lowest BCUT2D eigenvalue weighted by Gasteiger charge is -2.42. The summed E-state index contributed by atoms with van der Waals surface area (Å²) in [4.78, 5) is 17.5. The highest BCUT2D eigenvalue weighted by Gasteiger charge is 2.30. The molecule has 0 bridgehead atoms. The predicted octanol–water partition coefficient (Wildman–Crippen LogP) is 3.72. The topological polar surface area (TPSA) is 49.6 Å². The molecule has 0 radical (unpaired) electrons. The third-order valence-electron chi connectivity index (χ3n) is 5.32. The summed E-state index contributed by atoms with van der Waals surface area (Å²) in [6.45, 7) is 9.65. The van der Waals surface area contributed by atoms with Crippen molar-refractivity contribution in [2.24, 2.45) is 5.73 Å². The van der Waals surface area contributed by atoms with Gasteiger partial charge in [-0.1, -0.05) is 31.9 Å². The molecular formula is C20H35Cl2N3OS. The van der Waals surface area contributed by atoms with E-state index in [4.69, 9.17) is 5.73 Å². The number of benzene rings is 1. The van der Waals surface area contributed by atoms with Gasteiger partial charge in [-0.15, -0.1) is 24.8 Å². The summed E-state index contributed by atoms with van der Waals surface area (Å²) in [5.41, 5.74) is 9.23. The number of piperazine rings is 1. The van der Waals surface area contributed by atoms with Crippen LogP contribution in [0.5, 0.6) is 0 Å². The minimum Gasteiger partial charge on any atom is -0.336 e. The second kappa shape index (κ2) is 12.9. The summed E-state index contributed by atoms with van der Waals surface area (Å²) in [6.07, 6.45) is 3.48. The van der Waals surface area contributed by atoms with E-state index in [9.17, 15) is 4.79 Å². The fourth-order valence-corrected chi connectivity index (χ4v) is 3.66. The first kappa shape index (κ1) is 26.5. The minimum atomic E-state index is 0. The summed E-state index contributed by atoms with van der Waals surface area (Å²) < 4.78 is 0.